The van der Waals surface area contributed by atoms with E-state index in [-0.39, 0.29) is 0 Å². The zero-order valence-corrected chi connectivity index (χ0v) is 15.9. The maximum Gasteiger partial charge on any atom is 0.327 e. The fourth-order valence-electron chi connectivity index (χ4n) is 3.91. The summed E-state index contributed by atoms with van der Waals surface area (Å²) >= 11 is 12.6. The molecule has 0 radical (unpaired) electrons. The van der Waals surface area contributed by atoms with Gasteiger partial charge in [0.1, 0.15) is 5.82 Å². The van der Waals surface area contributed by atoms with Crippen LogP contribution in [0.5, 0.6) is 0 Å². The quantitative estimate of drug-likeness (QED) is 0.373. The van der Waals surface area contributed by atoms with Crippen molar-refractivity contribution >= 4 is 45.5 Å². The zero-order valence-electron chi connectivity index (χ0n) is 14.3. The highest BCUT2D eigenvalue weighted by atomic mass is 35.5. The Morgan fingerprint density at radius 1 is 0.857 bits per heavy atom. The molecule has 3 N–H and O–H groups in total. The molecule has 7 heteroatoms. The highest BCUT2D eigenvalue weighted by molar-refractivity contribution is 6.35. The van der Waals surface area contributed by atoms with Crippen molar-refractivity contribution in [2.24, 2.45) is 0 Å². The Balaban J connectivity index is 1.93. The predicted octanol–water partition coefficient (Wildman–Crippen LogP) is 4.76. The molecule has 4 aromatic rings. The molecule has 5 rings (SSSR count). The van der Waals surface area contributed by atoms with E-state index in [1.165, 1.54) is 0 Å². The van der Waals surface area contributed by atoms with Crippen LogP contribution in [-0.2, 0) is 0 Å². The van der Waals surface area contributed by atoms with Crippen molar-refractivity contribution in [1.29, 1.82) is 0 Å². The van der Waals surface area contributed by atoms with E-state index in [2.05, 4.69) is 15.3 Å². The lowest BCUT2D eigenvalue weighted by molar-refractivity contribution is 0.893. The third-order valence-electron chi connectivity index (χ3n) is 5.06. The summed E-state index contributed by atoms with van der Waals surface area (Å²) < 4.78 is 0. The number of H-pyrrole nitrogens is 2. The fraction of sp³-hybridized carbons (Fsp3) is 0.0476. The van der Waals surface area contributed by atoms with Gasteiger partial charge in [-0.1, -0.05) is 59.6 Å². The number of rotatable bonds is 1. The number of aromatic amines is 2. The van der Waals surface area contributed by atoms with E-state index in [0.29, 0.717) is 21.4 Å². The molecule has 1 unspecified atom stereocenters. The third-order valence-corrected chi connectivity index (χ3v) is 5.62. The number of hydrogen-bond acceptors (Lipinski definition) is 3. The first-order valence-electron chi connectivity index (χ1n) is 8.63. The Morgan fingerprint density at radius 2 is 1.68 bits per heavy atom. The number of hydrogen-bond donors (Lipinski definition) is 3. The first-order valence-corrected chi connectivity index (χ1v) is 9.38. The molecule has 0 spiro atoms. The second kappa shape index (κ2) is 6.26. The van der Waals surface area contributed by atoms with Crippen molar-refractivity contribution in [3.8, 4) is 0 Å². The maximum atomic E-state index is 12.8. The second-order valence-corrected chi connectivity index (χ2v) is 7.51. The number of benzene rings is 3. The van der Waals surface area contributed by atoms with E-state index in [0.717, 1.165) is 27.6 Å². The first kappa shape index (κ1) is 17.1. The van der Waals surface area contributed by atoms with E-state index in [1.807, 2.05) is 42.5 Å². The maximum absolute atomic E-state index is 12.8. The normalized spacial score (nSPS) is 15.0. The molecule has 0 saturated heterocycles. The van der Waals surface area contributed by atoms with Crippen molar-refractivity contribution in [2.75, 3.05) is 5.32 Å². The Hall–Kier alpha value is -3.02. The molecule has 0 aliphatic carbocycles. The monoisotopic (exact) mass is 409 g/mol. The Kier molecular flexibility index (Phi) is 3.82. The van der Waals surface area contributed by atoms with E-state index < -0.39 is 17.2 Å². The van der Waals surface area contributed by atoms with Gasteiger partial charge in [-0.05, 0) is 40.1 Å². The van der Waals surface area contributed by atoms with Gasteiger partial charge in [0.15, 0.2) is 0 Å². The standard InChI is InChI=1S/C21H13Cl2N3O2/c22-11-6-7-13(14(23)9-11)17-16-12-4-2-1-3-10(12)5-8-15(16)24-19-18(17)20(27)26-21(28)25-19/h1-9,17H,(H3,24,25,26,27,28). The van der Waals surface area contributed by atoms with Gasteiger partial charge < -0.3 is 5.32 Å². The average Bonchev–Trinajstić information content (AvgIpc) is 2.66. The molecule has 0 saturated carbocycles. The van der Waals surface area contributed by atoms with Crippen molar-refractivity contribution in [3.63, 3.8) is 0 Å². The Bertz CT molecular complexity index is 1370. The van der Waals surface area contributed by atoms with E-state index in [9.17, 15) is 9.59 Å². The molecule has 1 aromatic heterocycles. The molecule has 28 heavy (non-hydrogen) atoms. The number of halogens is 2. The highest BCUT2D eigenvalue weighted by Gasteiger charge is 2.33. The molecular weight excluding hydrogens is 397 g/mol. The van der Waals surface area contributed by atoms with Crippen molar-refractivity contribution < 1.29 is 0 Å². The molecule has 3 aromatic carbocycles. The van der Waals surface area contributed by atoms with E-state index in [4.69, 9.17) is 23.2 Å². The van der Waals surface area contributed by atoms with Gasteiger partial charge in [-0.3, -0.25) is 14.8 Å². The lowest BCUT2D eigenvalue weighted by Gasteiger charge is -2.30. The van der Waals surface area contributed by atoms with Crippen LogP contribution in [0, 0.1) is 0 Å². The van der Waals surface area contributed by atoms with Crippen LogP contribution in [-0.4, -0.2) is 9.97 Å². The SMILES string of the molecule is O=c1[nH]c2c(c(=O)[nH]1)C(c1ccc(Cl)cc1Cl)c1c(ccc3ccccc13)N2. The molecule has 2 heterocycles. The third kappa shape index (κ3) is 2.55. The van der Waals surface area contributed by atoms with Crippen molar-refractivity contribution in [1.82, 2.24) is 9.97 Å². The fourth-order valence-corrected chi connectivity index (χ4v) is 4.43. The Morgan fingerprint density at radius 3 is 2.50 bits per heavy atom. The summed E-state index contributed by atoms with van der Waals surface area (Å²) in [5.41, 5.74) is 1.86. The number of anilines is 2. The largest absolute Gasteiger partial charge is 0.341 e. The van der Waals surface area contributed by atoms with E-state index >= 15 is 0 Å². The average molecular weight is 410 g/mol. The summed E-state index contributed by atoms with van der Waals surface area (Å²) in [6.45, 7) is 0. The summed E-state index contributed by atoms with van der Waals surface area (Å²) in [7, 11) is 0. The minimum Gasteiger partial charge on any atom is -0.341 e. The van der Waals surface area contributed by atoms with Gasteiger partial charge in [0.05, 0.1) is 5.56 Å². The van der Waals surface area contributed by atoms with Crippen LogP contribution >= 0.6 is 23.2 Å². The molecule has 1 atom stereocenters. The van der Waals surface area contributed by atoms with Crippen LogP contribution in [0.2, 0.25) is 10.0 Å². The van der Waals surface area contributed by atoms with Gasteiger partial charge >= 0.3 is 5.69 Å². The Labute approximate surface area is 169 Å². The summed E-state index contributed by atoms with van der Waals surface area (Å²) in [5, 5.41) is 6.21. The van der Waals surface area contributed by atoms with Gasteiger partial charge in [0.25, 0.3) is 5.56 Å². The molecule has 138 valence electrons. The minimum atomic E-state index is -0.568. The van der Waals surface area contributed by atoms with Crippen LogP contribution in [0.25, 0.3) is 10.8 Å². The predicted molar refractivity (Wildman–Crippen MR) is 112 cm³/mol. The molecular formula is C21H13Cl2N3O2. The zero-order chi connectivity index (χ0) is 19.4. The van der Waals surface area contributed by atoms with Gasteiger partial charge in [0, 0.05) is 21.7 Å². The van der Waals surface area contributed by atoms with Gasteiger partial charge in [0.2, 0.25) is 0 Å². The summed E-state index contributed by atoms with van der Waals surface area (Å²) in [4.78, 5) is 29.7. The van der Waals surface area contributed by atoms with Crippen LogP contribution in [0.4, 0.5) is 11.5 Å². The highest BCUT2D eigenvalue weighted by Crippen LogP contribution is 2.47. The van der Waals surface area contributed by atoms with Crippen molar-refractivity contribution in [2.45, 2.75) is 5.92 Å². The van der Waals surface area contributed by atoms with Crippen molar-refractivity contribution in [3.05, 3.63) is 102 Å². The lowest BCUT2D eigenvalue weighted by Crippen LogP contribution is -2.32. The molecule has 0 fully saturated rings. The van der Waals surface area contributed by atoms with Crippen LogP contribution in [0.15, 0.2) is 64.2 Å². The summed E-state index contributed by atoms with van der Waals surface area (Å²) in [6, 6.07) is 17.1. The molecule has 0 bridgehead atoms. The van der Waals surface area contributed by atoms with Gasteiger partial charge in [-0.25, -0.2) is 4.79 Å². The van der Waals surface area contributed by atoms with Crippen LogP contribution < -0.4 is 16.6 Å². The lowest BCUT2D eigenvalue weighted by atomic mass is 9.80. The topological polar surface area (TPSA) is 77.8 Å². The van der Waals surface area contributed by atoms with Crippen LogP contribution in [0.1, 0.15) is 22.6 Å². The van der Waals surface area contributed by atoms with Gasteiger partial charge in [-0.2, -0.15) is 0 Å². The molecule has 5 nitrogen and oxygen atoms in total. The molecule has 1 aliphatic rings. The van der Waals surface area contributed by atoms with Gasteiger partial charge in [-0.15, -0.1) is 0 Å². The number of aromatic nitrogens is 2. The summed E-state index contributed by atoms with van der Waals surface area (Å²) in [6.07, 6.45) is 0. The number of nitrogens with one attached hydrogen (secondary N) is 3. The van der Waals surface area contributed by atoms with Crippen LogP contribution in [0.3, 0.4) is 0 Å². The molecule has 0 amide bonds. The smallest absolute Gasteiger partial charge is 0.327 e. The number of fused-ring (bicyclic) bond motifs is 4. The first-order chi connectivity index (χ1) is 13.5. The second-order valence-electron chi connectivity index (χ2n) is 6.67. The molecule has 1 aliphatic heterocycles. The van der Waals surface area contributed by atoms with E-state index in [1.54, 1.807) is 12.1 Å². The summed E-state index contributed by atoms with van der Waals surface area (Å²) in [5.74, 6) is -0.102. The minimum absolute atomic E-state index is 0.368.